The lowest BCUT2D eigenvalue weighted by Gasteiger charge is -2.09. The first-order valence-electron chi connectivity index (χ1n) is 6.16. The van der Waals surface area contributed by atoms with Crippen molar-refractivity contribution < 1.29 is 4.74 Å². The van der Waals surface area contributed by atoms with Crippen LogP contribution < -0.4 is 10.5 Å². The maximum absolute atomic E-state index is 5.78. The second kappa shape index (κ2) is 6.02. The molecule has 0 aliphatic carbocycles. The molecule has 0 aliphatic rings. The summed E-state index contributed by atoms with van der Waals surface area (Å²) in [7, 11) is 0. The van der Waals surface area contributed by atoms with Crippen molar-refractivity contribution in [3.05, 3.63) is 40.1 Å². The first-order valence-corrected chi connectivity index (χ1v) is 6.95. The highest BCUT2D eigenvalue weighted by Gasteiger charge is 2.06. The highest BCUT2D eigenvalue weighted by atomic mass is 79.9. The Hall–Kier alpha value is -1.62. The summed E-state index contributed by atoms with van der Waals surface area (Å²) in [5.74, 6) is 2.40. The zero-order valence-electron chi connectivity index (χ0n) is 11.0. The summed E-state index contributed by atoms with van der Waals surface area (Å²) in [6.07, 6.45) is 1.76. The van der Waals surface area contributed by atoms with Crippen LogP contribution in [0.2, 0.25) is 0 Å². The Morgan fingerprint density at radius 2 is 2.05 bits per heavy atom. The summed E-state index contributed by atoms with van der Waals surface area (Å²) < 4.78 is 6.80. The number of anilines is 1. The van der Waals surface area contributed by atoms with Gasteiger partial charge >= 0.3 is 0 Å². The number of ether oxygens (including phenoxy) is 1. The maximum atomic E-state index is 5.78. The molecular weight excluding hydrogens is 306 g/mol. The average Bonchev–Trinajstić information content (AvgIpc) is 2.32. The fourth-order valence-electron chi connectivity index (χ4n) is 1.72. The van der Waals surface area contributed by atoms with Crippen LogP contribution in [-0.4, -0.2) is 9.97 Å². The van der Waals surface area contributed by atoms with Gasteiger partial charge in [-0.2, -0.15) is 4.98 Å². The lowest BCUT2D eigenvalue weighted by molar-refractivity contribution is 0.455. The minimum atomic E-state index is 0.434. The van der Waals surface area contributed by atoms with Crippen LogP contribution in [0, 0.1) is 6.92 Å². The molecule has 1 aromatic heterocycles. The van der Waals surface area contributed by atoms with E-state index in [1.807, 2.05) is 25.1 Å². The van der Waals surface area contributed by atoms with E-state index in [0.29, 0.717) is 17.5 Å². The van der Waals surface area contributed by atoms with Gasteiger partial charge in [0.2, 0.25) is 5.88 Å². The molecule has 0 saturated carbocycles. The fraction of sp³-hybridized carbons (Fsp3) is 0.286. The van der Waals surface area contributed by atoms with Gasteiger partial charge in [0.1, 0.15) is 17.4 Å². The van der Waals surface area contributed by atoms with E-state index in [2.05, 4.69) is 32.8 Å². The van der Waals surface area contributed by atoms with Crippen molar-refractivity contribution in [2.75, 3.05) is 5.73 Å². The quantitative estimate of drug-likeness (QED) is 0.928. The summed E-state index contributed by atoms with van der Waals surface area (Å²) in [5.41, 5.74) is 6.80. The van der Waals surface area contributed by atoms with Crippen LogP contribution in [0.4, 0.5) is 5.82 Å². The first kappa shape index (κ1) is 13.8. The molecule has 0 spiro atoms. The summed E-state index contributed by atoms with van der Waals surface area (Å²) in [5, 5.41) is 0. The van der Waals surface area contributed by atoms with E-state index < -0.39 is 0 Å². The van der Waals surface area contributed by atoms with Crippen molar-refractivity contribution in [1.29, 1.82) is 0 Å². The zero-order valence-corrected chi connectivity index (χ0v) is 12.6. The number of nitrogens with two attached hydrogens (primary N) is 1. The van der Waals surface area contributed by atoms with Gasteiger partial charge in [0.05, 0.1) is 0 Å². The Balaban J connectivity index is 2.27. The zero-order chi connectivity index (χ0) is 13.8. The summed E-state index contributed by atoms with van der Waals surface area (Å²) in [6.45, 7) is 4.06. The molecular formula is C14H16BrN3O. The SMILES string of the molecule is CCCc1nc(N)cc(Oc2ccc(Br)cc2C)n1. The van der Waals surface area contributed by atoms with E-state index in [0.717, 1.165) is 28.6 Å². The van der Waals surface area contributed by atoms with E-state index in [9.17, 15) is 0 Å². The largest absolute Gasteiger partial charge is 0.439 e. The van der Waals surface area contributed by atoms with Gasteiger partial charge in [-0.1, -0.05) is 22.9 Å². The molecule has 0 aliphatic heterocycles. The molecule has 4 nitrogen and oxygen atoms in total. The fourth-order valence-corrected chi connectivity index (χ4v) is 2.20. The normalized spacial score (nSPS) is 10.5. The van der Waals surface area contributed by atoms with Crippen LogP contribution in [0.3, 0.4) is 0 Å². The van der Waals surface area contributed by atoms with Crippen LogP contribution in [0.1, 0.15) is 24.7 Å². The lowest BCUT2D eigenvalue weighted by Crippen LogP contribution is -2.01. The average molecular weight is 322 g/mol. The summed E-state index contributed by atoms with van der Waals surface area (Å²) in [6, 6.07) is 7.46. The number of hydrogen-bond acceptors (Lipinski definition) is 4. The molecule has 2 N–H and O–H groups in total. The van der Waals surface area contributed by atoms with E-state index in [4.69, 9.17) is 10.5 Å². The van der Waals surface area contributed by atoms with Crippen molar-refractivity contribution in [2.45, 2.75) is 26.7 Å². The molecule has 100 valence electrons. The predicted molar refractivity (Wildman–Crippen MR) is 79.4 cm³/mol. The molecule has 2 rings (SSSR count). The molecule has 0 fully saturated rings. The van der Waals surface area contributed by atoms with Crippen molar-refractivity contribution in [1.82, 2.24) is 9.97 Å². The van der Waals surface area contributed by atoms with Crippen molar-refractivity contribution in [2.24, 2.45) is 0 Å². The van der Waals surface area contributed by atoms with Gasteiger partial charge in [0.15, 0.2) is 0 Å². The molecule has 2 aromatic rings. The summed E-state index contributed by atoms with van der Waals surface area (Å²) >= 11 is 3.42. The van der Waals surface area contributed by atoms with Gasteiger partial charge in [-0.3, -0.25) is 0 Å². The molecule has 5 heteroatoms. The van der Waals surface area contributed by atoms with Crippen molar-refractivity contribution in [3.8, 4) is 11.6 Å². The smallest absolute Gasteiger partial charge is 0.224 e. The lowest BCUT2D eigenvalue weighted by atomic mass is 10.2. The highest BCUT2D eigenvalue weighted by Crippen LogP contribution is 2.27. The molecule has 0 unspecified atom stereocenters. The molecule has 0 bridgehead atoms. The monoisotopic (exact) mass is 321 g/mol. The summed E-state index contributed by atoms with van der Waals surface area (Å²) in [4.78, 5) is 8.54. The van der Waals surface area contributed by atoms with E-state index in [1.54, 1.807) is 6.07 Å². The van der Waals surface area contributed by atoms with E-state index >= 15 is 0 Å². The third-order valence-corrected chi connectivity index (χ3v) is 3.09. The Kier molecular flexibility index (Phi) is 4.37. The number of benzene rings is 1. The topological polar surface area (TPSA) is 61.0 Å². The second-order valence-electron chi connectivity index (χ2n) is 4.31. The number of aryl methyl sites for hydroxylation is 2. The Morgan fingerprint density at radius 3 is 2.74 bits per heavy atom. The Morgan fingerprint density at radius 1 is 1.26 bits per heavy atom. The number of rotatable bonds is 4. The number of aromatic nitrogens is 2. The minimum absolute atomic E-state index is 0.434. The third kappa shape index (κ3) is 3.67. The predicted octanol–water partition coefficient (Wildman–Crippen LogP) is 3.87. The van der Waals surface area contributed by atoms with Gasteiger partial charge in [0, 0.05) is 17.0 Å². The van der Waals surface area contributed by atoms with E-state index in [1.165, 1.54) is 0 Å². The van der Waals surface area contributed by atoms with Crippen LogP contribution in [-0.2, 0) is 6.42 Å². The highest BCUT2D eigenvalue weighted by molar-refractivity contribution is 9.10. The van der Waals surface area contributed by atoms with Crippen molar-refractivity contribution >= 4 is 21.7 Å². The molecule has 0 amide bonds. The number of nitrogen functional groups attached to an aromatic ring is 1. The number of nitrogens with zero attached hydrogens (tertiary/aromatic N) is 2. The maximum Gasteiger partial charge on any atom is 0.224 e. The van der Waals surface area contributed by atoms with Gasteiger partial charge in [-0.15, -0.1) is 0 Å². The van der Waals surface area contributed by atoms with Crippen LogP contribution in [0.15, 0.2) is 28.7 Å². The molecule has 0 saturated heterocycles. The van der Waals surface area contributed by atoms with Gasteiger partial charge in [-0.05, 0) is 37.1 Å². The Bertz CT molecular complexity index is 587. The second-order valence-corrected chi connectivity index (χ2v) is 5.22. The number of halogens is 1. The molecule has 0 radical (unpaired) electrons. The molecule has 0 atom stereocenters. The molecule has 19 heavy (non-hydrogen) atoms. The van der Waals surface area contributed by atoms with Gasteiger partial charge < -0.3 is 10.5 Å². The van der Waals surface area contributed by atoms with Crippen LogP contribution in [0.5, 0.6) is 11.6 Å². The minimum Gasteiger partial charge on any atom is -0.439 e. The third-order valence-electron chi connectivity index (χ3n) is 2.59. The van der Waals surface area contributed by atoms with Crippen LogP contribution in [0.25, 0.3) is 0 Å². The first-order chi connectivity index (χ1) is 9.08. The van der Waals surface area contributed by atoms with Gasteiger partial charge in [-0.25, -0.2) is 4.98 Å². The molecule has 1 aromatic carbocycles. The van der Waals surface area contributed by atoms with Gasteiger partial charge in [0.25, 0.3) is 0 Å². The van der Waals surface area contributed by atoms with Crippen molar-refractivity contribution in [3.63, 3.8) is 0 Å². The van der Waals surface area contributed by atoms with E-state index in [-0.39, 0.29) is 0 Å². The standard InChI is InChI=1S/C14H16BrN3O/c1-3-4-13-17-12(16)8-14(18-13)19-11-6-5-10(15)7-9(11)2/h5-8H,3-4H2,1-2H3,(H2,16,17,18). The van der Waals surface area contributed by atoms with Crippen LogP contribution >= 0.6 is 15.9 Å². The number of hydrogen-bond donors (Lipinski definition) is 1. The molecule has 1 heterocycles. The Labute approximate surface area is 121 Å².